The highest BCUT2D eigenvalue weighted by Crippen LogP contribution is 2.48. The molecule has 1 atom stereocenters. The number of rotatable bonds is 4. The summed E-state index contributed by atoms with van der Waals surface area (Å²) in [5, 5.41) is 11.1. The van der Waals surface area contributed by atoms with Crippen LogP contribution in [0.5, 0.6) is 0 Å². The van der Waals surface area contributed by atoms with Crippen molar-refractivity contribution in [3.05, 3.63) is 33.3 Å². The summed E-state index contributed by atoms with van der Waals surface area (Å²) in [4.78, 5) is 11.6. The Morgan fingerprint density at radius 2 is 2.18 bits per heavy atom. The summed E-state index contributed by atoms with van der Waals surface area (Å²) in [5.74, 6) is -0.291. The second-order valence-corrected chi connectivity index (χ2v) is 7.46. The number of aryl methyl sites for hydroxylation is 1. The number of halogens is 3. The first kappa shape index (κ1) is 17.9. The van der Waals surface area contributed by atoms with Crippen molar-refractivity contribution >= 4 is 40.8 Å². The fourth-order valence-electron chi connectivity index (χ4n) is 2.90. The highest BCUT2D eigenvalue weighted by atomic mass is 35.5. The molecule has 0 fully saturated rings. The Hall–Kier alpha value is -0.480. The first-order valence-electron chi connectivity index (χ1n) is 7.30. The van der Waals surface area contributed by atoms with Gasteiger partial charge in [-0.15, -0.1) is 0 Å². The van der Waals surface area contributed by atoms with Gasteiger partial charge in [0.25, 0.3) is 0 Å². The van der Waals surface area contributed by atoms with Gasteiger partial charge in [-0.25, -0.2) is 0 Å². The molecule has 1 unspecified atom stereocenters. The number of alkyl halides is 2. The lowest BCUT2D eigenvalue weighted by atomic mass is 9.82. The lowest BCUT2D eigenvalue weighted by molar-refractivity contribution is -0.143. The van der Waals surface area contributed by atoms with Crippen LogP contribution >= 0.6 is 34.8 Å². The van der Waals surface area contributed by atoms with E-state index in [0.717, 1.165) is 16.7 Å². The van der Waals surface area contributed by atoms with Crippen molar-refractivity contribution < 1.29 is 14.6 Å². The zero-order valence-corrected chi connectivity index (χ0v) is 14.9. The van der Waals surface area contributed by atoms with Gasteiger partial charge in [0, 0.05) is 11.4 Å². The maximum atomic E-state index is 11.6. The Balaban J connectivity index is 2.40. The van der Waals surface area contributed by atoms with E-state index in [9.17, 15) is 9.90 Å². The molecule has 0 amide bonds. The summed E-state index contributed by atoms with van der Waals surface area (Å²) in [6.07, 6.45) is 0.724. The summed E-state index contributed by atoms with van der Waals surface area (Å²) in [6, 6.07) is 1.86. The van der Waals surface area contributed by atoms with Crippen molar-refractivity contribution in [2.75, 3.05) is 6.61 Å². The molecular weight excluding hydrogens is 347 g/mol. The summed E-state index contributed by atoms with van der Waals surface area (Å²) in [5.41, 5.74) is 3.43. The third-order valence-electron chi connectivity index (χ3n) is 4.02. The Bertz CT molecular complexity index is 584. The largest absolute Gasteiger partial charge is 0.466 e. The average Bonchev–Trinajstić information content (AvgIpc) is 2.43. The van der Waals surface area contributed by atoms with E-state index in [1.807, 2.05) is 13.0 Å². The molecule has 0 radical (unpaired) electrons. The zero-order chi connectivity index (χ0) is 16.5. The average molecular weight is 366 g/mol. The second-order valence-electron chi connectivity index (χ2n) is 5.51. The molecule has 2 rings (SSSR count). The molecule has 1 aromatic carbocycles. The van der Waals surface area contributed by atoms with Gasteiger partial charge in [0.05, 0.1) is 6.61 Å². The maximum absolute atomic E-state index is 11.6. The summed E-state index contributed by atoms with van der Waals surface area (Å²) >= 11 is 18.8. The number of aliphatic hydroxyl groups is 1. The molecule has 22 heavy (non-hydrogen) atoms. The van der Waals surface area contributed by atoms with Crippen molar-refractivity contribution in [2.24, 2.45) is 0 Å². The number of hydrogen-bond donors (Lipinski definition) is 1. The summed E-state index contributed by atoms with van der Waals surface area (Å²) < 4.78 is 3.71. The topological polar surface area (TPSA) is 46.5 Å². The van der Waals surface area contributed by atoms with Crippen molar-refractivity contribution in [1.82, 2.24) is 0 Å². The molecule has 0 heterocycles. The molecule has 1 N–H and O–H groups in total. The van der Waals surface area contributed by atoms with Gasteiger partial charge in [-0.1, -0.05) is 34.8 Å². The van der Waals surface area contributed by atoms with Gasteiger partial charge >= 0.3 is 5.97 Å². The van der Waals surface area contributed by atoms with E-state index in [0.29, 0.717) is 36.5 Å². The normalized spacial score (nSPS) is 19.6. The lowest BCUT2D eigenvalue weighted by Crippen LogP contribution is -2.31. The number of fused-ring (bicyclic) bond motifs is 1. The van der Waals surface area contributed by atoms with Crippen molar-refractivity contribution in [2.45, 2.75) is 50.0 Å². The van der Waals surface area contributed by atoms with E-state index in [4.69, 9.17) is 39.5 Å². The minimum absolute atomic E-state index is 0.202. The minimum Gasteiger partial charge on any atom is -0.466 e. The van der Waals surface area contributed by atoms with Gasteiger partial charge in [0.15, 0.2) is 0 Å². The molecule has 6 heteroatoms. The van der Waals surface area contributed by atoms with Crippen LogP contribution < -0.4 is 0 Å². The molecule has 0 aliphatic heterocycles. The molecule has 1 aliphatic rings. The van der Waals surface area contributed by atoms with Gasteiger partial charge in [0.1, 0.15) is 10.4 Å². The quantitative estimate of drug-likeness (QED) is 0.639. The maximum Gasteiger partial charge on any atom is 0.306 e. The second kappa shape index (κ2) is 6.96. The van der Waals surface area contributed by atoms with Crippen LogP contribution in [0.2, 0.25) is 5.02 Å². The van der Waals surface area contributed by atoms with Crippen LogP contribution in [0.15, 0.2) is 6.07 Å². The highest BCUT2D eigenvalue weighted by Gasteiger charge is 2.41. The molecule has 0 saturated heterocycles. The van der Waals surface area contributed by atoms with Crippen LogP contribution in [0, 0.1) is 6.92 Å². The monoisotopic (exact) mass is 364 g/mol. The Morgan fingerprint density at radius 1 is 1.50 bits per heavy atom. The number of aliphatic hydroxyl groups excluding tert-OH is 1. The smallest absolute Gasteiger partial charge is 0.306 e. The standard InChI is InChI=1S/C16H19Cl3O3/c1-3-22-13(20)5-4-11-12(17)8-9(2)10-6-7-16(18,19)15(21)14(10)11/h8,15,21H,3-7H2,1-2H3. The molecule has 0 bridgehead atoms. The van der Waals surface area contributed by atoms with Gasteiger partial charge in [-0.05, 0) is 61.4 Å². The molecule has 1 aliphatic carbocycles. The third kappa shape index (κ3) is 3.53. The molecule has 122 valence electrons. The molecular formula is C16H19Cl3O3. The van der Waals surface area contributed by atoms with Crippen LogP contribution in [0.1, 0.15) is 48.1 Å². The molecule has 3 nitrogen and oxygen atoms in total. The number of hydrogen-bond acceptors (Lipinski definition) is 3. The number of carbonyl (C=O) groups excluding carboxylic acids is 1. The van der Waals surface area contributed by atoms with Crippen LogP contribution in [0.4, 0.5) is 0 Å². The van der Waals surface area contributed by atoms with Gasteiger partial charge in [-0.2, -0.15) is 0 Å². The predicted molar refractivity (Wildman–Crippen MR) is 88.9 cm³/mol. The Kier molecular flexibility index (Phi) is 5.65. The first-order valence-corrected chi connectivity index (χ1v) is 8.43. The molecule has 0 spiro atoms. The SMILES string of the molecule is CCOC(=O)CCc1c(Cl)cc(C)c2c1C(O)C(Cl)(Cl)CC2. The Labute approximate surface area is 145 Å². The number of esters is 1. The van der Waals surface area contributed by atoms with E-state index in [-0.39, 0.29) is 12.4 Å². The van der Waals surface area contributed by atoms with Crippen molar-refractivity contribution in [3.63, 3.8) is 0 Å². The summed E-state index contributed by atoms with van der Waals surface area (Å²) in [6.45, 7) is 4.05. The van der Waals surface area contributed by atoms with E-state index >= 15 is 0 Å². The van der Waals surface area contributed by atoms with Crippen LogP contribution in [0.3, 0.4) is 0 Å². The Morgan fingerprint density at radius 3 is 2.82 bits per heavy atom. The zero-order valence-electron chi connectivity index (χ0n) is 12.6. The van der Waals surface area contributed by atoms with Crippen LogP contribution in [-0.4, -0.2) is 22.0 Å². The van der Waals surface area contributed by atoms with Gasteiger partial charge in [0.2, 0.25) is 0 Å². The van der Waals surface area contributed by atoms with Gasteiger partial charge < -0.3 is 9.84 Å². The van der Waals surface area contributed by atoms with E-state index in [2.05, 4.69) is 0 Å². The fourth-order valence-corrected chi connectivity index (χ4v) is 3.67. The van der Waals surface area contributed by atoms with Gasteiger partial charge in [-0.3, -0.25) is 4.79 Å². The van der Waals surface area contributed by atoms with Crippen molar-refractivity contribution in [3.8, 4) is 0 Å². The molecule has 0 saturated carbocycles. The number of carbonyl (C=O) groups is 1. The first-order chi connectivity index (χ1) is 10.3. The van der Waals surface area contributed by atoms with E-state index in [1.165, 1.54) is 0 Å². The molecule has 1 aromatic rings. The van der Waals surface area contributed by atoms with Crippen LogP contribution in [0.25, 0.3) is 0 Å². The van der Waals surface area contributed by atoms with E-state index < -0.39 is 10.4 Å². The number of ether oxygens (including phenoxy) is 1. The molecule has 0 aromatic heterocycles. The van der Waals surface area contributed by atoms with Crippen LogP contribution in [-0.2, 0) is 22.4 Å². The third-order valence-corrected chi connectivity index (χ3v) is 5.15. The number of benzene rings is 1. The van der Waals surface area contributed by atoms with Crippen molar-refractivity contribution in [1.29, 1.82) is 0 Å². The fraction of sp³-hybridized carbons (Fsp3) is 0.562. The highest BCUT2D eigenvalue weighted by molar-refractivity contribution is 6.49. The van der Waals surface area contributed by atoms with E-state index in [1.54, 1.807) is 6.92 Å². The minimum atomic E-state index is -1.23. The predicted octanol–water partition coefficient (Wildman–Crippen LogP) is 4.30. The lowest BCUT2D eigenvalue weighted by Gasteiger charge is -2.35. The summed E-state index contributed by atoms with van der Waals surface area (Å²) in [7, 11) is 0.